The maximum atomic E-state index is 9.70. The van der Waals surface area contributed by atoms with Gasteiger partial charge in [0.15, 0.2) is 0 Å². The molecule has 1 amide bonds. The second-order valence-electron chi connectivity index (χ2n) is 1.90. The first kappa shape index (κ1) is 11.3. The average Bonchev–Trinajstić information content (AvgIpc) is 1.65. The molecule has 0 saturated heterocycles. The number of hydrogen-bond acceptors (Lipinski definition) is 2. The molecule has 0 aliphatic heterocycles. The van der Waals surface area contributed by atoms with Crippen LogP contribution in [-0.2, 0) is 4.79 Å². The summed E-state index contributed by atoms with van der Waals surface area (Å²) < 4.78 is 0. The van der Waals surface area contributed by atoms with E-state index >= 15 is 0 Å². The highest BCUT2D eigenvalue weighted by Gasteiger charge is 1.72. The molecule has 0 heterocycles. The monoisotopic (exact) mass is 133 g/mol. The van der Waals surface area contributed by atoms with Crippen molar-refractivity contribution in [1.82, 2.24) is 5.32 Å². The Morgan fingerprint density at radius 2 is 1.67 bits per heavy atom. The van der Waals surface area contributed by atoms with E-state index < -0.39 is 0 Å². The van der Waals surface area contributed by atoms with Crippen LogP contribution in [0.15, 0.2) is 0 Å². The number of hydrogen-bond donors (Lipinski definition) is 2. The van der Waals surface area contributed by atoms with E-state index in [1.807, 2.05) is 0 Å². The minimum Gasteiger partial charge on any atom is -0.394 e. The molecule has 0 fully saturated rings. The Morgan fingerprint density at radius 3 is 1.67 bits per heavy atom. The second kappa shape index (κ2) is 7.43. The van der Waals surface area contributed by atoms with Gasteiger partial charge in [-0.2, -0.15) is 0 Å². The Hall–Kier alpha value is -0.570. The normalized spacial score (nSPS) is 7.78. The van der Waals surface area contributed by atoms with E-state index in [2.05, 4.69) is 5.32 Å². The van der Waals surface area contributed by atoms with Gasteiger partial charge in [-0.05, 0) is 13.8 Å². The number of nitrogens with one attached hydrogen (secondary N) is 1. The third kappa shape index (κ3) is 107. The lowest BCUT2D eigenvalue weighted by molar-refractivity contribution is -0.118. The minimum atomic E-state index is -0.167. The van der Waals surface area contributed by atoms with Gasteiger partial charge in [0, 0.05) is 20.1 Å². The predicted octanol–water partition coefficient (Wildman–Crippen LogP) is 0.139. The van der Waals surface area contributed by atoms with E-state index in [0.717, 1.165) is 0 Å². The summed E-state index contributed by atoms with van der Waals surface area (Å²) in [6.07, 6.45) is -0.167. The zero-order valence-corrected chi connectivity index (χ0v) is 6.43. The molecule has 0 aliphatic rings. The summed E-state index contributed by atoms with van der Waals surface area (Å²) in [7, 11) is 1.60. The van der Waals surface area contributed by atoms with Gasteiger partial charge in [-0.3, -0.25) is 4.79 Å². The fraction of sp³-hybridized carbons (Fsp3) is 0.833. The maximum absolute atomic E-state index is 9.70. The molecule has 0 aromatic carbocycles. The predicted molar refractivity (Wildman–Crippen MR) is 37.1 cm³/mol. The van der Waals surface area contributed by atoms with Gasteiger partial charge in [-0.25, -0.2) is 0 Å². The van der Waals surface area contributed by atoms with Crippen molar-refractivity contribution in [1.29, 1.82) is 0 Å². The van der Waals surface area contributed by atoms with Crippen LogP contribution >= 0.6 is 0 Å². The van der Waals surface area contributed by atoms with Gasteiger partial charge < -0.3 is 10.4 Å². The standard InChI is InChI=1S/C3H7NO.C3H8O/c1-3(5)4-2;1-3(2)4/h1-2H3,(H,4,5);3-4H,1-2H3. The van der Waals surface area contributed by atoms with E-state index in [0.29, 0.717) is 0 Å². The fourth-order valence-corrected chi connectivity index (χ4v) is 0. The lowest BCUT2D eigenvalue weighted by Gasteiger charge is -1.80. The highest BCUT2D eigenvalue weighted by atomic mass is 16.3. The first-order valence-electron chi connectivity index (χ1n) is 2.87. The SMILES string of the molecule is CC(C)O.CNC(C)=O. The fourth-order valence-electron chi connectivity index (χ4n) is 0. The molecule has 2 N–H and O–H groups in total. The molecule has 0 aromatic heterocycles. The molecule has 0 radical (unpaired) electrons. The zero-order chi connectivity index (χ0) is 7.86. The molecule has 3 heteroatoms. The molecule has 0 unspecified atom stereocenters. The van der Waals surface area contributed by atoms with Crippen molar-refractivity contribution in [2.45, 2.75) is 26.9 Å². The Balaban J connectivity index is 0. The smallest absolute Gasteiger partial charge is 0.216 e. The average molecular weight is 133 g/mol. The van der Waals surface area contributed by atoms with Gasteiger partial charge in [-0.1, -0.05) is 0 Å². The van der Waals surface area contributed by atoms with Crippen LogP contribution in [0.1, 0.15) is 20.8 Å². The summed E-state index contributed by atoms with van der Waals surface area (Å²) in [4.78, 5) is 9.70. The summed E-state index contributed by atoms with van der Waals surface area (Å²) in [5.74, 6) is 0.00463. The molecule has 0 bridgehead atoms. The largest absolute Gasteiger partial charge is 0.394 e. The van der Waals surface area contributed by atoms with Gasteiger partial charge in [-0.15, -0.1) is 0 Å². The van der Waals surface area contributed by atoms with Crippen LogP contribution in [-0.4, -0.2) is 24.2 Å². The van der Waals surface area contributed by atoms with E-state index in [-0.39, 0.29) is 12.0 Å². The van der Waals surface area contributed by atoms with Gasteiger partial charge >= 0.3 is 0 Å². The van der Waals surface area contributed by atoms with Crippen molar-refractivity contribution < 1.29 is 9.90 Å². The Bertz CT molecular complexity index is 68.7. The second-order valence-corrected chi connectivity index (χ2v) is 1.90. The Kier molecular flexibility index (Phi) is 9.29. The van der Waals surface area contributed by atoms with Crippen molar-refractivity contribution in [3.63, 3.8) is 0 Å². The Labute approximate surface area is 56.1 Å². The van der Waals surface area contributed by atoms with Crippen molar-refractivity contribution in [2.75, 3.05) is 7.05 Å². The van der Waals surface area contributed by atoms with E-state index in [1.54, 1.807) is 20.9 Å². The van der Waals surface area contributed by atoms with Crippen LogP contribution in [0.2, 0.25) is 0 Å². The number of aliphatic hydroxyl groups is 1. The molecule has 0 aromatic rings. The first-order valence-corrected chi connectivity index (χ1v) is 2.87. The zero-order valence-electron chi connectivity index (χ0n) is 6.43. The van der Waals surface area contributed by atoms with Gasteiger partial charge in [0.05, 0.1) is 0 Å². The quantitative estimate of drug-likeness (QED) is 0.494. The number of carbonyl (C=O) groups is 1. The molecule has 0 saturated carbocycles. The summed E-state index contributed by atoms with van der Waals surface area (Å²) in [5.41, 5.74) is 0. The van der Waals surface area contributed by atoms with E-state index in [9.17, 15) is 4.79 Å². The molecule has 0 rings (SSSR count). The van der Waals surface area contributed by atoms with E-state index in [1.165, 1.54) is 6.92 Å². The molecular formula is C6H15NO2. The third-order valence-corrected chi connectivity index (χ3v) is 0.352. The molecule has 56 valence electrons. The highest BCUT2D eigenvalue weighted by Crippen LogP contribution is 1.65. The number of aliphatic hydroxyl groups excluding tert-OH is 1. The van der Waals surface area contributed by atoms with Crippen LogP contribution in [0.5, 0.6) is 0 Å². The summed E-state index contributed by atoms with van der Waals surface area (Å²) >= 11 is 0. The molecule has 3 nitrogen and oxygen atoms in total. The number of amides is 1. The van der Waals surface area contributed by atoms with Crippen LogP contribution in [0, 0.1) is 0 Å². The molecule has 0 aliphatic carbocycles. The summed E-state index contributed by atoms with van der Waals surface area (Å²) in [5, 5.41) is 10.4. The number of carbonyl (C=O) groups excluding carboxylic acids is 1. The maximum Gasteiger partial charge on any atom is 0.216 e. The highest BCUT2D eigenvalue weighted by molar-refractivity contribution is 5.72. The molecule has 0 atom stereocenters. The minimum absolute atomic E-state index is 0.00463. The van der Waals surface area contributed by atoms with Gasteiger partial charge in [0.2, 0.25) is 5.91 Å². The molecule has 9 heavy (non-hydrogen) atoms. The van der Waals surface area contributed by atoms with Crippen molar-refractivity contribution >= 4 is 5.91 Å². The number of rotatable bonds is 0. The van der Waals surface area contributed by atoms with Crippen molar-refractivity contribution in [3.05, 3.63) is 0 Å². The first-order chi connectivity index (χ1) is 4.00. The van der Waals surface area contributed by atoms with Crippen LogP contribution in [0.3, 0.4) is 0 Å². The summed E-state index contributed by atoms with van der Waals surface area (Å²) in [6, 6.07) is 0. The van der Waals surface area contributed by atoms with Gasteiger partial charge in [0.1, 0.15) is 0 Å². The van der Waals surface area contributed by atoms with Crippen LogP contribution < -0.4 is 5.32 Å². The van der Waals surface area contributed by atoms with Crippen LogP contribution in [0.25, 0.3) is 0 Å². The van der Waals surface area contributed by atoms with Crippen LogP contribution in [0.4, 0.5) is 0 Å². The molecular weight excluding hydrogens is 118 g/mol. The topological polar surface area (TPSA) is 49.3 Å². The van der Waals surface area contributed by atoms with Crippen molar-refractivity contribution in [3.8, 4) is 0 Å². The molecule has 0 spiro atoms. The van der Waals surface area contributed by atoms with Crippen molar-refractivity contribution in [2.24, 2.45) is 0 Å². The van der Waals surface area contributed by atoms with E-state index in [4.69, 9.17) is 5.11 Å². The Morgan fingerprint density at radius 1 is 1.56 bits per heavy atom. The third-order valence-electron chi connectivity index (χ3n) is 0.352. The lowest BCUT2D eigenvalue weighted by atomic mass is 10.5. The lowest BCUT2D eigenvalue weighted by Crippen LogP contribution is -2.11. The summed E-state index contributed by atoms with van der Waals surface area (Å²) in [6.45, 7) is 4.92. The van der Waals surface area contributed by atoms with Gasteiger partial charge in [0.25, 0.3) is 0 Å².